The normalized spacial score (nSPS) is 21.6. The molecule has 5 N–H and O–H groups in total. The van der Waals surface area contributed by atoms with E-state index in [2.05, 4.69) is 10.1 Å². The van der Waals surface area contributed by atoms with Gasteiger partial charge in [-0.1, -0.05) is 12.1 Å². The molecule has 1 aromatic carbocycles. The van der Waals surface area contributed by atoms with Crippen molar-refractivity contribution in [2.75, 3.05) is 18.0 Å². The lowest BCUT2D eigenvalue weighted by Crippen LogP contribution is -2.70. The second kappa shape index (κ2) is 8.99. The number of hydrazone groups is 1. The first-order valence-electron chi connectivity index (χ1n) is 12.7. The highest BCUT2D eigenvalue weighted by molar-refractivity contribution is 5.98. The van der Waals surface area contributed by atoms with Crippen LogP contribution in [0.5, 0.6) is 0 Å². The highest BCUT2D eigenvalue weighted by atomic mass is 19.3. The van der Waals surface area contributed by atoms with Crippen molar-refractivity contribution in [1.29, 1.82) is 0 Å². The van der Waals surface area contributed by atoms with Crippen molar-refractivity contribution >= 4 is 17.2 Å². The maximum atomic E-state index is 14.0. The van der Waals surface area contributed by atoms with Crippen LogP contribution < -0.4 is 16.5 Å². The summed E-state index contributed by atoms with van der Waals surface area (Å²) in [6.07, 6.45) is -3.26. The molecule has 3 aliphatic rings. The van der Waals surface area contributed by atoms with E-state index in [1.165, 1.54) is 24.4 Å². The van der Waals surface area contributed by atoms with Gasteiger partial charge < -0.3 is 15.7 Å². The van der Waals surface area contributed by atoms with Gasteiger partial charge in [0.25, 0.3) is 18.8 Å². The van der Waals surface area contributed by atoms with Crippen LogP contribution in [0.15, 0.2) is 47.8 Å². The lowest BCUT2D eigenvalue weighted by Gasteiger charge is -2.62. The molecule has 3 fully saturated rings. The summed E-state index contributed by atoms with van der Waals surface area (Å²) < 4.78 is 82.3. The Bertz CT molecular complexity index is 1470. The third kappa shape index (κ3) is 4.42. The first-order chi connectivity index (χ1) is 18.8. The summed E-state index contributed by atoms with van der Waals surface area (Å²) in [4.78, 5) is 6.31. The van der Waals surface area contributed by atoms with Gasteiger partial charge in [0.1, 0.15) is 11.2 Å². The molecule has 8 nitrogen and oxygen atoms in total. The van der Waals surface area contributed by atoms with E-state index in [9.17, 15) is 31.4 Å². The molecule has 0 amide bonds. The van der Waals surface area contributed by atoms with Crippen LogP contribution in [0.3, 0.4) is 0 Å². The number of nitrogens with two attached hydrogens (primary N) is 2. The highest BCUT2D eigenvalue weighted by Gasteiger charge is 2.63. The summed E-state index contributed by atoms with van der Waals surface area (Å²) >= 11 is 0. The minimum absolute atomic E-state index is 0.0314. The van der Waals surface area contributed by atoms with Gasteiger partial charge in [0, 0.05) is 54.2 Å². The quantitative estimate of drug-likeness (QED) is 0.130. The first-order valence-corrected chi connectivity index (χ1v) is 12.7. The van der Waals surface area contributed by atoms with Crippen molar-refractivity contribution in [3.63, 3.8) is 0 Å². The molecule has 214 valence electrons. The van der Waals surface area contributed by atoms with Crippen molar-refractivity contribution in [3.8, 4) is 11.3 Å². The number of aliphatic hydroxyl groups is 1. The van der Waals surface area contributed by atoms with Crippen LogP contribution >= 0.6 is 0 Å². The number of aromatic nitrogens is 2. The fourth-order valence-corrected chi connectivity index (χ4v) is 6.13. The van der Waals surface area contributed by atoms with E-state index < -0.39 is 43.3 Å². The van der Waals surface area contributed by atoms with Crippen LogP contribution in [0.1, 0.15) is 43.2 Å². The Morgan fingerprint density at radius 3 is 2.42 bits per heavy atom. The molecule has 2 aromatic heterocycles. The van der Waals surface area contributed by atoms with Gasteiger partial charge in [-0.05, 0) is 31.0 Å². The Kier molecular flexibility index (Phi) is 6.00. The molecule has 6 rings (SSSR count). The Morgan fingerprint density at radius 1 is 1.10 bits per heavy atom. The second-order valence-electron chi connectivity index (χ2n) is 11.3. The zero-order valence-electron chi connectivity index (χ0n) is 21.1. The number of fused-ring (bicyclic) bond motifs is 1. The van der Waals surface area contributed by atoms with E-state index in [0.29, 0.717) is 24.4 Å². The lowest BCUT2D eigenvalue weighted by atomic mass is 9.55. The monoisotopic (exact) mass is 567 g/mol. The number of hydrazine groups is 1. The van der Waals surface area contributed by atoms with E-state index >= 15 is 0 Å². The van der Waals surface area contributed by atoms with Crippen molar-refractivity contribution < 1.29 is 31.4 Å². The summed E-state index contributed by atoms with van der Waals surface area (Å²) in [6.45, 7) is 0.982. The largest absolute Gasteiger partial charge is 0.384 e. The number of halogens is 6. The van der Waals surface area contributed by atoms with E-state index in [0.717, 1.165) is 10.8 Å². The number of amidine groups is 1. The van der Waals surface area contributed by atoms with Crippen LogP contribution in [0.2, 0.25) is 0 Å². The van der Waals surface area contributed by atoms with Crippen molar-refractivity contribution in [2.45, 2.75) is 56.1 Å². The molecule has 1 spiro atoms. The van der Waals surface area contributed by atoms with Crippen molar-refractivity contribution in [1.82, 2.24) is 14.5 Å². The van der Waals surface area contributed by atoms with Crippen LogP contribution in [0.25, 0.3) is 16.9 Å². The summed E-state index contributed by atoms with van der Waals surface area (Å²) in [5, 5.41) is 14.8. The van der Waals surface area contributed by atoms with Gasteiger partial charge in [-0.15, -0.1) is 5.10 Å². The molecular formula is C26H27F6N7O. The SMILES string of the molecule is N/C(=N\N(N)C1CC(F)(F)C1)c1ccc(C(F)F)c(-c2cnc3ccc(N4CC5(C4)CC(O)(C(F)F)C5)cn23)c1. The van der Waals surface area contributed by atoms with Crippen molar-refractivity contribution in [2.24, 2.45) is 22.1 Å². The molecule has 1 saturated heterocycles. The van der Waals surface area contributed by atoms with E-state index in [4.69, 9.17) is 11.6 Å². The molecule has 0 radical (unpaired) electrons. The standard InChI is InChI=1S/C26H27F6N7O/c27-21(28)17-3-1-14(22(33)36-39(34)16-6-26(31,32)7-16)5-18(17)19-8-35-20-4-2-15(9-38(19)20)37-12-24(13-37)10-25(40,11-24)23(29)30/h1-5,8-9,16,21,23,40H,6-7,10-13,34H2,(H2,33,36). The van der Waals surface area contributed by atoms with E-state index in [1.807, 2.05) is 11.0 Å². The highest BCUT2D eigenvalue weighted by Crippen LogP contribution is 2.56. The minimum Gasteiger partial charge on any atom is -0.384 e. The number of pyridine rings is 1. The molecule has 0 bridgehead atoms. The van der Waals surface area contributed by atoms with Gasteiger partial charge in [0.15, 0.2) is 5.84 Å². The molecule has 14 heteroatoms. The van der Waals surface area contributed by atoms with Crippen LogP contribution in [0.4, 0.5) is 32.0 Å². The summed E-state index contributed by atoms with van der Waals surface area (Å²) in [6, 6.07) is 6.86. The topological polar surface area (TPSA) is 108 Å². The Hall–Kier alpha value is -3.52. The Labute approximate surface area is 224 Å². The van der Waals surface area contributed by atoms with Gasteiger partial charge in [-0.2, -0.15) is 0 Å². The van der Waals surface area contributed by atoms with E-state index in [-0.39, 0.29) is 40.8 Å². The molecule has 1 aliphatic heterocycles. The molecule has 0 atom stereocenters. The molecule has 3 aromatic rings. The number of anilines is 1. The van der Waals surface area contributed by atoms with Gasteiger partial charge in [-0.3, -0.25) is 4.40 Å². The number of alkyl halides is 6. The number of hydrogen-bond donors (Lipinski definition) is 3. The number of rotatable bonds is 7. The van der Waals surface area contributed by atoms with Gasteiger partial charge >= 0.3 is 0 Å². The molecule has 40 heavy (non-hydrogen) atoms. The Morgan fingerprint density at radius 2 is 1.80 bits per heavy atom. The number of imidazole rings is 1. The number of hydrogen-bond acceptors (Lipinski definition) is 6. The van der Waals surface area contributed by atoms with Crippen LogP contribution in [-0.4, -0.2) is 62.5 Å². The molecule has 2 aliphatic carbocycles. The zero-order chi connectivity index (χ0) is 28.6. The smallest absolute Gasteiger partial charge is 0.266 e. The fourth-order valence-electron chi connectivity index (χ4n) is 6.13. The molecule has 2 saturated carbocycles. The van der Waals surface area contributed by atoms with Crippen LogP contribution in [0, 0.1) is 5.41 Å². The van der Waals surface area contributed by atoms with Gasteiger partial charge in [0.2, 0.25) is 0 Å². The Balaban J connectivity index is 1.28. The fraction of sp³-hybridized carbons (Fsp3) is 0.462. The van der Waals surface area contributed by atoms with Crippen molar-refractivity contribution in [3.05, 3.63) is 53.9 Å². The van der Waals surface area contributed by atoms with E-state index in [1.54, 1.807) is 16.7 Å². The first kappa shape index (κ1) is 26.7. The maximum Gasteiger partial charge on any atom is 0.266 e. The molecular weight excluding hydrogens is 540 g/mol. The predicted molar refractivity (Wildman–Crippen MR) is 135 cm³/mol. The second-order valence-corrected chi connectivity index (χ2v) is 11.3. The minimum atomic E-state index is -2.82. The third-order valence-corrected chi connectivity index (χ3v) is 8.20. The zero-order valence-corrected chi connectivity index (χ0v) is 21.1. The molecule has 0 unspecified atom stereocenters. The predicted octanol–water partition coefficient (Wildman–Crippen LogP) is 4.13. The average molecular weight is 568 g/mol. The third-order valence-electron chi connectivity index (χ3n) is 8.20. The summed E-state index contributed by atoms with van der Waals surface area (Å²) in [5.41, 5.74) is 5.53. The van der Waals surface area contributed by atoms with Gasteiger partial charge in [-0.25, -0.2) is 42.3 Å². The average Bonchev–Trinajstić information content (AvgIpc) is 3.26. The number of nitrogens with zero attached hydrogens (tertiary/aromatic N) is 5. The summed E-state index contributed by atoms with van der Waals surface area (Å²) in [5.74, 6) is 2.87. The van der Waals surface area contributed by atoms with Crippen LogP contribution in [-0.2, 0) is 0 Å². The lowest BCUT2D eigenvalue weighted by molar-refractivity contribution is -0.209. The summed E-state index contributed by atoms with van der Waals surface area (Å²) in [7, 11) is 0. The molecule has 3 heterocycles. The number of benzene rings is 1. The van der Waals surface area contributed by atoms with Gasteiger partial charge in [0.05, 0.1) is 23.6 Å². The maximum absolute atomic E-state index is 14.0.